The van der Waals surface area contributed by atoms with E-state index in [9.17, 15) is 14.0 Å². The molecule has 2 aromatic carbocycles. The van der Waals surface area contributed by atoms with Crippen molar-refractivity contribution in [2.24, 2.45) is 23.2 Å². The number of amides is 2. The van der Waals surface area contributed by atoms with Crippen LogP contribution in [-0.4, -0.2) is 29.8 Å². The summed E-state index contributed by atoms with van der Waals surface area (Å²) in [5.41, 5.74) is 3.22. The molecule has 4 nitrogen and oxygen atoms in total. The largest absolute Gasteiger partial charge is 0.338 e. The monoisotopic (exact) mass is 460 g/mol. The Bertz CT molecular complexity index is 1090. The summed E-state index contributed by atoms with van der Waals surface area (Å²) >= 11 is 0. The fourth-order valence-corrected chi connectivity index (χ4v) is 7.90. The number of rotatable bonds is 6. The van der Waals surface area contributed by atoms with Crippen molar-refractivity contribution in [2.75, 3.05) is 18.4 Å². The molecule has 34 heavy (non-hydrogen) atoms. The summed E-state index contributed by atoms with van der Waals surface area (Å²) in [6, 6.07) is 12.4. The van der Waals surface area contributed by atoms with Crippen molar-refractivity contribution in [3.8, 4) is 0 Å². The van der Waals surface area contributed by atoms with Gasteiger partial charge in [-0.15, -0.1) is 0 Å². The number of halogens is 1. The van der Waals surface area contributed by atoms with E-state index in [-0.39, 0.29) is 23.0 Å². The highest BCUT2D eigenvalue weighted by Crippen LogP contribution is 2.61. The summed E-state index contributed by atoms with van der Waals surface area (Å²) in [5.74, 6) is 2.33. The number of anilines is 1. The van der Waals surface area contributed by atoms with Gasteiger partial charge in [0.1, 0.15) is 5.82 Å². The van der Waals surface area contributed by atoms with E-state index in [0.29, 0.717) is 43.5 Å². The molecular formula is C29H33FN2O2. The van der Waals surface area contributed by atoms with Crippen molar-refractivity contribution in [3.63, 3.8) is 0 Å². The molecular weight excluding hydrogens is 427 g/mol. The molecule has 1 N–H and O–H groups in total. The van der Waals surface area contributed by atoms with Gasteiger partial charge in [-0.05, 0) is 104 Å². The molecule has 5 aliphatic rings. The van der Waals surface area contributed by atoms with Gasteiger partial charge in [-0.3, -0.25) is 9.59 Å². The lowest BCUT2D eigenvalue weighted by Crippen LogP contribution is -2.47. The molecule has 0 atom stereocenters. The lowest BCUT2D eigenvalue weighted by molar-refractivity contribution is -0.124. The van der Waals surface area contributed by atoms with E-state index >= 15 is 0 Å². The third-order valence-corrected chi connectivity index (χ3v) is 8.91. The molecule has 0 unspecified atom stereocenters. The Morgan fingerprint density at radius 2 is 1.71 bits per heavy atom. The van der Waals surface area contributed by atoms with Crippen LogP contribution in [0.1, 0.15) is 66.4 Å². The van der Waals surface area contributed by atoms with Gasteiger partial charge < -0.3 is 10.2 Å². The molecule has 4 aliphatic carbocycles. The molecule has 178 valence electrons. The van der Waals surface area contributed by atoms with E-state index in [2.05, 4.69) is 5.32 Å². The van der Waals surface area contributed by atoms with Crippen LogP contribution in [0.4, 0.5) is 10.1 Å². The van der Waals surface area contributed by atoms with Gasteiger partial charge in [-0.2, -0.15) is 0 Å². The Labute approximate surface area is 200 Å². The standard InChI is InChI=1S/C29H33FN2O2/c30-25-6-2-1-4-22(25)8-10-32-11-9-23-24(28(32)34)5-3-7-26(23)31-27(33)18-29-15-19-12-20(16-29)14-21(13-19)17-29/h1-7,19-21H,8-18H2,(H,31,33). The smallest absolute Gasteiger partial charge is 0.254 e. The molecule has 0 spiro atoms. The lowest BCUT2D eigenvalue weighted by atomic mass is 9.49. The summed E-state index contributed by atoms with van der Waals surface area (Å²) < 4.78 is 14.0. The van der Waals surface area contributed by atoms with E-state index in [1.807, 2.05) is 24.3 Å². The number of fused-ring (bicyclic) bond motifs is 1. The SMILES string of the molecule is O=C(CC12CC3CC(CC(C3)C1)C2)Nc1cccc2c1CCN(CCc1ccccc1F)C2=O. The minimum atomic E-state index is -0.226. The summed E-state index contributed by atoms with van der Waals surface area (Å²) in [6.07, 6.45) is 9.59. The average molecular weight is 461 g/mol. The molecule has 4 fully saturated rings. The number of carbonyl (C=O) groups is 2. The molecule has 4 saturated carbocycles. The maximum absolute atomic E-state index is 14.0. The van der Waals surface area contributed by atoms with Gasteiger partial charge in [0.15, 0.2) is 0 Å². The molecule has 5 heteroatoms. The van der Waals surface area contributed by atoms with Crippen molar-refractivity contribution < 1.29 is 14.0 Å². The second-order valence-electron chi connectivity index (χ2n) is 11.4. The van der Waals surface area contributed by atoms with Crippen LogP contribution < -0.4 is 5.32 Å². The topological polar surface area (TPSA) is 49.4 Å². The van der Waals surface area contributed by atoms with Crippen LogP contribution in [-0.2, 0) is 17.6 Å². The van der Waals surface area contributed by atoms with Gasteiger partial charge in [-0.25, -0.2) is 4.39 Å². The second kappa shape index (κ2) is 8.51. The molecule has 2 aromatic rings. The van der Waals surface area contributed by atoms with Gasteiger partial charge in [-0.1, -0.05) is 24.3 Å². The number of benzene rings is 2. The van der Waals surface area contributed by atoms with Crippen LogP contribution in [0, 0.1) is 29.0 Å². The highest BCUT2D eigenvalue weighted by molar-refractivity contribution is 6.00. The Morgan fingerprint density at radius 3 is 2.41 bits per heavy atom. The highest BCUT2D eigenvalue weighted by Gasteiger charge is 2.51. The maximum Gasteiger partial charge on any atom is 0.254 e. The van der Waals surface area contributed by atoms with E-state index in [0.717, 1.165) is 29.0 Å². The predicted molar refractivity (Wildman–Crippen MR) is 130 cm³/mol. The van der Waals surface area contributed by atoms with E-state index < -0.39 is 0 Å². The summed E-state index contributed by atoms with van der Waals surface area (Å²) in [6.45, 7) is 1.07. The van der Waals surface area contributed by atoms with Crippen molar-refractivity contribution in [1.29, 1.82) is 0 Å². The summed E-state index contributed by atoms with van der Waals surface area (Å²) in [5, 5.41) is 3.19. The molecule has 2 amide bonds. The van der Waals surface area contributed by atoms with E-state index in [4.69, 9.17) is 0 Å². The van der Waals surface area contributed by atoms with E-state index in [1.54, 1.807) is 17.0 Å². The lowest BCUT2D eigenvalue weighted by Gasteiger charge is -2.56. The average Bonchev–Trinajstić information content (AvgIpc) is 2.79. The quantitative estimate of drug-likeness (QED) is 0.609. The summed E-state index contributed by atoms with van der Waals surface area (Å²) in [7, 11) is 0. The zero-order chi connectivity index (χ0) is 23.3. The van der Waals surface area contributed by atoms with Crippen LogP contribution >= 0.6 is 0 Å². The fraction of sp³-hybridized carbons (Fsp3) is 0.517. The first-order chi connectivity index (χ1) is 16.5. The summed E-state index contributed by atoms with van der Waals surface area (Å²) in [4.78, 5) is 28.2. The second-order valence-corrected chi connectivity index (χ2v) is 11.4. The van der Waals surface area contributed by atoms with E-state index in [1.165, 1.54) is 44.6 Å². The van der Waals surface area contributed by atoms with Crippen LogP contribution in [0.25, 0.3) is 0 Å². The number of nitrogens with one attached hydrogen (secondary N) is 1. The number of nitrogens with zero attached hydrogens (tertiary/aromatic N) is 1. The maximum atomic E-state index is 14.0. The molecule has 4 bridgehead atoms. The van der Waals surface area contributed by atoms with Crippen molar-refractivity contribution in [1.82, 2.24) is 4.90 Å². The molecule has 1 heterocycles. The molecule has 1 aliphatic heterocycles. The Morgan fingerprint density at radius 1 is 1.00 bits per heavy atom. The zero-order valence-corrected chi connectivity index (χ0v) is 19.7. The van der Waals surface area contributed by atoms with Crippen LogP contribution in [0.5, 0.6) is 0 Å². The predicted octanol–water partition coefficient (Wildman–Crippen LogP) is 5.61. The van der Waals surface area contributed by atoms with Crippen LogP contribution in [0.2, 0.25) is 0 Å². The van der Waals surface area contributed by atoms with Gasteiger partial charge in [0.25, 0.3) is 5.91 Å². The van der Waals surface area contributed by atoms with Crippen molar-refractivity contribution in [2.45, 2.75) is 57.8 Å². The third kappa shape index (κ3) is 4.03. The van der Waals surface area contributed by atoms with Gasteiger partial charge >= 0.3 is 0 Å². The van der Waals surface area contributed by atoms with Crippen LogP contribution in [0.15, 0.2) is 42.5 Å². The number of hydrogen-bond acceptors (Lipinski definition) is 2. The zero-order valence-electron chi connectivity index (χ0n) is 19.7. The van der Waals surface area contributed by atoms with Crippen LogP contribution in [0.3, 0.4) is 0 Å². The molecule has 0 aromatic heterocycles. The Balaban J connectivity index is 1.13. The third-order valence-electron chi connectivity index (χ3n) is 8.91. The fourth-order valence-electron chi connectivity index (χ4n) is 7.90. The van der Waals surface area contributed by atoms with Crippen molar-refractivity contribution >= 4 is 17.5 Å². The van der Waals surface area contributed by atoms with Gasteiger partial charge in [0.05, 0.1) is 0 Å². The normalized spacial score (nSPS) is 29.3. The molecule has 0 radical (unpaired) electrons. The minimum absolute atomic E-state index is 0.0326. The number of carbonyl (C=O) groups excluding carboxylic acids is 2. The molecule has 7 rings (SSSR count). The van der Waals surface area contributed by atoms with Gasteiger partial charge in [0, 0.05) is 30.8 Å². The van der Waals surface area contributed by atoms with Crippen molar-refractivity contribution in [3.05, 3.63) is 65.0 Å². The van der Waals surface area contributed by atoms with Gasteiger partial charge in [0.2, 0.25) is 5.91 Å². The highest BCUT2D eigenvalue weighted by atomic mass is 19.1. The minimum Gasteiger partial charge on any atom is -0.338 e. The first-order valence-electron chi connectivity index (χ1n) is 12.9. The first-order valence-corrected chi connectivity index (χ1v) is 12.9. The first kappa shape index (κ1) is 21.8. The Hall–Kier alpha value is -2.69. The number of hydrogen-bond donors (Lipinski definition) is 1. The molecule has 0 saturated heterocycles. The Kier molecular flexibility index (Phi) is 5.46.